The maximum Gasteiger partial charge on any atom is 0.267 e. The van der Waals surface area contributed by atoms with Crippen molar-refractivity contribution in [3.05, 3.63) is 75.3 Å². The third kappa shape index (κ3) is 4.23. The number of hydrogen-bond acceptors (Lipinski definition) is 4. The van der Waals surface area contributed by atoms with Crippen LogP contribution in [-0.2, 0) is 11.3 Å². The Morgan fingerprint density at radius 3 is 2.76 bits per heavy atom. The third-order valence-corrected chi connectivity index (χ3v) is 3.88. The van der Waals surface area contributed by atoms with Crippen molar-refractivity contribution in [3.8, 4) is 11.3 Å². The van der Waals surface area contributed by atoms with E-state index >= 15 is 0 Å². The number of hydrogen-bond donors (Lipinski definition) is 1. The summed E-state index contributed by atoms with van der Waals surface area (Å²) in [6.45, 7) is -0.254. The smallest absolute Gasteiger partial charge is 0.267 e. The molecule has 0 fully saturated rings. The fourth-order valence-corrected chi connectivity index (χ4v) is 2.49. The predicted molar refractivity (Wildman–Crippen MR) is 96.8 cm³/mol. The maximum absolute atomic E-state index is 12.2. The number of nitrogens with one attached hydrogen (secondary N) is 1. The second-order valence-corrected chi connectivity index (χ2v) is 5.97. The van der Waals surface area contributed by atoms with Gasteiger partial charge in [-0.25, -0.2) is 4.68 Å². The molecule has 0 radical (unpaired) electrons. The molecule has 0 aliphatic heterocycles. The van der Waals surface area contributed by atoms with Crippen LogP contribution in [0.5, 0.6) is 0 Å². The summed E-state index contributed by atoms with van der Waals surface area (Å²) in [7, 11) is 0. The molecule has 8 heteroatoms. The molecule has 25 heavy (non-hydrogen) atoms. The van der Waals surface area contributed by atoms with Crippen molar-refractivity contribution in [1.29, 1.82) is 0 Å². The van der Waals surface area contributed by atoms with E-state index in [1.165, 1.54) is 12.1 Å². The molecule has 0 aliphatic carbocycles. The summed E-state index contributed by atoms with van der Waals surface area (Å²) in [6, 6.07) is 11.2. The van der Waals surface area contributed by atoms with Gasteiger partial charge in [0.25, 0.3) is 5.56 Å². The minimum absolute atomic E-state index is 0.254. The van der Waals surface area contributed by atoms with Gasteiger partial charge < -0.3 is 5.32 Å². The number of halogens is 2. The van der Waals surface area contributed by atoms with Crippen molar-refractivity contribution in [2.45, 2.75) is 6.54 Å². The SMILES string of the molecule is O=C(Cn1nc(-c2cccnc2)ccc1=O)Nc1cc(Cl)ccc1Cl. The lowest BCUT2D eigenvalue weighted by atomic mass is 10.2. The first kappa shape index (κ1) is 17.1. The lowest BCUT2D eigenvalue weighted by Gasteiger charge is -2.09. The largest absolute Gasteiger partial charge is 0.323 e. The van der Waals surface area contributed by atoms with Crippen LogP contribution in [0, 0.1) is 0 Å². The van der Waals surface area contributed by atoms with Gasteiger partial charge in [-0.3, -0.25) is 14.6 Å². The Hall–Kier alpha value is -2.70. The average Bonchev–Trinajstić information content (AvgIpc) is 2.61. The normalized spacial score (nSPS) is 10.5. The lowest BCUT2D eigenvalue weighted by molar-refractivity contribution is -0.117. The molecular formula is C17H12Cl2N4O2. The number of nitrogens with zero attached hydrogens (tertiary/aromatic N) is 3. The zero-order valence-corrected chi connectivity index (χ0v) is 14.3. The van der Waals surface area contributed by atoms with Crippen molar-refractivity contribution in [3.63, 3.8) is 0 Å². The van der Waals surface area contributed by atoms with Crippen LogP contribution < -0.4 is 10.9 Å². The molecule has 0 aliphatic rings. The van der Waals surface area contributed by atoms with Crippen LogP contribution >= 0.6 is 23.2 Å². The Morgan fingerprint density at radius 1 is 1.16 bits per heavy atom. The fraction of sp³-hybridized carbons (Fsp3) is 0.0588. The van der Waals surface area contributed by atoms with Crippen molar-refractivity contribution in [2.24, 2.45) is 0 Å². The monoisotopic (exact) mass is 374 g/mol. The number of pyridine rings is 1. The molecule has 1 amide bonds. The standard InChI is InChI=1S/C17H12Cl2N4O2/c18-12-3-4-13(19)15(8-12)21-16(24)10-23-17(25)6-5-14(22-23)11-2-1-7-20-9-11/h1-9H,10H2,(H,21,24). The third-order valence-electron chi connectivity index (χ3n) is 3.32. The first-order chi connectivity index (χ1) is 12.0. The molecule has 2 heterocycles. The van der Waals surface area contributed by atoms with Crippen LogP contribution in [0.4, 0.5) is 5.69 Å². The van der Waals surface area contributed by atoms with Crippen LogP contribution in [0.3, 0.4) is 0 Å². The Morgan fingerprint density at radius 2 is 2.00 bits per heavy atom. The second-order valence-electron chi connectivity index (χ2n) is 5.13. The van der Waals surface area contributed by atoms with Crippen LogP contribution in [0.15, 0.2) is 59.7 Å². The van der Waals surface area contributed by atoms with Gasteiger partial charge in [0.05, 0.1) is 16.4 Å². The van der Waals surface area contributed by atoms with Gasteiger partial charge in [-0.05, 0) is 36.4 Å². The number of amides is 1. The molecule has 3 aromatic rings. The number of carbonyl (C=O) groups excluding carboxylic acids is 1. The van der Waals surface area contributed by atoms with Gasteiger partial charge >= 0.3 is 0 Å². The molecule has 0 unspecified atom stereocenters. The van der Waals surface area contributed by atoms with Gasteiger partial charge in [0.2, 0.25) is 5.91 Å². The molecule has 126 valence electrons. The highest BCUT2D eigenvalue weighted by Crippen LogP contribution is 2.25. The van der Waals surface area contributed by atoms with Gasteiger partial charge in [0, 0.05) is 29.0 Å². The van der Waals surface area contributed by atoms with Crippen LogP contribution in [-0.4, -0.2) is 20.7 Å². The average molecular weight is 375 g/mol. The second kappa shape index (κ2) is 7.46. The highest BCUT2D eigenvalue weighted by Gasteiger charge is 2.10. The molecule has 1 N–H and O–H groups in total. The van der Waals surface area contributed by atoms with E-state index in [4.69, 9.17) is 23.2 Å². The highest BCUT2D eigenvalue weighted by molar-refractivity contribution is 6.35. The summed E-state index contributed by atoms with van der Waals surface area (Å²) in [6.07, 6.45) is 3.27. The number of anilines is 1. The first-order valence-corrected chi connectivity index (χ1v) is 8.02. The summed E-state index contributed by atoms with van der Waals surface area (Å²) in [5, 5.41) is 7.61. The van der Waals surface area contributed by atoms with Crippen molar-refractivity contribution >= 4 is 34.8 Å². The quantitative estimate of drug-likeness (QED) is 0.760. The van der Waals surface area contributed by atoms with E-state index in [1.807, 2.05) is 6.07 Å². The fourth-order valence-electron chi connectivity index (χ4n) is 2.15. The summed E-state index contributed by atoms with van der Waals surface area (Å²) in [4.78, 5) is 28.2. The molecular weight excluding hydrogens is 363 g/mol. The minimum Gasteiger partial charge on any atom is -0.323 e. The Balaban J connectivity index is 1.81. The Labute approximate surface area is 153 Å². The Bertz CT molecular complexity index is 974. The van der Waals surface area contributed by atoms with E-state index in [0.717, 1.165) is 10.2 Å². The topological polar surface area (TPSA) is 76.9 Å². The van der Waals surface area contributed by atoms with Gasteiger partial charge in [0.15, 0.2) is 0 Å². The summed E-state index contributed by atoms with van der Waals surface area (Å²) in [5.41, 5.74) is 1.27. The molecule has 0 saturated carbocycles. The van der Waals surface area contributed by atoms with Crippen molar-refractivity contribution in [2.75, 3.05) is 5.32 Å². The van der Waals surface area contributed by atoms with Gasteiger partial charge in [-0.1, -0.05) is 23.2 Å². The molecule has 2 aromatic heterocycles. The number of carbonyl (C=O) groups is 1. The number of aromatic nitrogens is 3. The van der Waals surface area contributed by atoms with Crippen LogP contribution in [0.2, 0.25) is 10.0 Å². The van der Waals surface area contributed by atoms with E-state index in [1.54, 1.807) is 36.7 Å². The van der Waals surface area contributed by atoms with E-state index in [0.29, 0.717) is 21.4 Å². The van der Waals surface area contributed by atoms with E-state index in [2.05, 4.69) is 15.4 Å². The zero-order chi connectivity index (χ0) is 17.8. The Kier molecular flexibility index (Phi) is 5.11. The summed E-state index contributed by atoms with van der Waals surface area (Å²) < 4.78 is 1.08. The molecule has 0 spiro atoms. The molecule has 0 saturated heterocycles. The summed E-state index contributed by atoms with van der Waals surface area (Å²) in [5.74, 6) is -0.442. The van der Waals surface area contributed by atoms with Gasteiger partial charge in [0.1, 0.15) is 6.54 Å². The molecule has 6 nitrogen and oxygen atoms in total. The van der Waals surface area contributed by atoms with Crippen molar-refractivity contribution in [1.82, 2.24) is 14.8 Å². The predicted octanol–water partition coefficient (Wildman–Crippen LogP) is 3.25. The van der Waals surface area contributed by atoms with E-state index in [-0.39, 0.29) is 12.1 Å². The molecule has 0 atom stereocenters. The van der Waals surface area contributed by atoms with Crippen molar-refractivity contribution < 1.29 is 4.79 Å². The van der Waals surface area contributed by atoms with E-state index in [9.17, 15) is 9.59 Å². The number of benzene rings is 1. The first-order valence-electron chi connectivity index (χ1n) is 7.26. The van der Waals surface area contributed by atoms with Gasteiger partial charge in [-0.15, -0.1) is 0 Å². The number of rotatable bonds is 4. The molecule has 3 rings (SSSR count). The maximum atomic E-state index is 12.2. The highest BCUT2D eigenvalue weighted by atomic mass is 35.5. The van der Waals surface area contributed by atoms with Crippen LogP contribution in [0.1, 0.15) is 0 Å². The zero-order valence-electron chi connectivity index (χ0n) is 12.8. The summed E-state index contributed by atoms with van der Waals surface area (Å²) >= 11 is 11.9. The lowest BCUT2D eigenvalue weighted by Crippen LogP contribution is -2.29. The minimum atomic E-state index is -0.442. The van der Waals surface area contributed by atoms with Crippen LogP contribution in [0.25, 0.3) is 11.3 Å². The van der Waals surface area contributed by atoms with E-state index < -0.39 is 5.91 Å². The van der Waals surface area contributed by atoms with Gasteiger partial charge in [-0.2, -0.15) is 5.10 Å². The molecule has 1 aromatic carbocycles. The molecule has 0 bridgehead atoms.